The zero-order chi connectivity index (χ0) is 18.1. The molecule has 2 saturated heterocycles. The molecule has 1 aliphatic carbocycles. The Morgan fingerprint density at radius 2 is 1.92 bits per heavy atom. The molecule has 2 aliphatic heterocycles. The standard InChI is InChI=1S/C19H31N5O2/c1-22-10-12-23(13-11-22)14-19(26)6-3-8-24(9-7-19)18(25)17-15-4-2-5-16(15)20-21-17/h26H,2-14H2,1H3,(H,20,21)/t19-/m1/s1. The third-order valence-corrected chi connectivity index (χ3v) is 6.33. The van der Waals surface area contributed by atoms with Crippen molar-refractivity contribution in [1.29, 1.82) is 0 Å². The topological polar surface area (TPSA) is 75.7 Å². The van der Waals surface area contributed by atoms with Gasteiger partial charge in [0.05, 0.1) is 5.60 Å². The molecule has 0 unspecified atom stereocenters. The number of carbonyl (C=O) groups excluding carboxylic acids is 1. The molecule has 3 aliphatic rings. The van der Waals surface area contributed by atoms with Crippen molar-refractivity contribution in [1.82, 2.24) is 24.9 Å². The Bertz CT molecular complexity index is 652. The highest BCUT2D eigenvalue weighted by Gasteiger charge is 2.35. The number of nitrogens with one attached hydrogen (secondary N) is 1. The number of β-amino-alcohol motifs (C(OH)–C–C–N with tert-alkyl or cyclic N) is 1. The number of likely N-dealkylation sites (tertiary alicyclic amines) is 1. The zero-order valence-electron chi connectivity index (χ0n) is 15.8. The Morgan fingerprint density at radius 1 is 1.12 bits per heavy atom. The summed E-state index contributed by atoms with van der Waals surface area (Å²) in [6.07, 6.45) is 5.32. The first-order valence-corrected chi connectivity index (χ1v) is 10.0. The largest absolute Gasteiger partial charge is 0.388 e. The van der Waals surface area contributed by atoms with Gasteiger partial charge < -0.3 is 14.9 Å². The Hall–Kier alpha value is -1.44. The molecule has 2 fully saturated rings. The quantitative estimate of drug-likeness (QED) is 0.820. The summed E-state index contributed by atoms with van der Waals surface area (Å²) in [5.74, 6) is 0.0354. The number of piperazine rings is 1. The minimum atomic E-state index is -0.682. The lowest BCUT2D eigenvalue weighted by Gasteiger charge is -2.38. The number of carbonyl (C=O) groups is 1. The first-order chi connectivity index (χ1) is 12.5. The van der Waals surface area contributed by atoms with Crippen molar-refractivity contribution in [3.63, 3.8) is 0 Å². The Balaban J connectivity index is 1.37. The number of H-pyrrole nitrogens is 1. The first kappa shape index (κ1) is 17.9. The molecule has 4 rings (SSSR count). The van der Waals surface area contributed by atoms with Crippen LogP contribution in [-0.2, 0) is 12.8 Å². The van der Waals surface area contributed by atoms with Crippen molar-refractivity contribution in [3.05, 3.63) is 17.0 Å². The lowest BCUT2D eigenvalue weighted by Crippen LogP contribution is -2.51. The van der Waals surface area contributed by atoms with Gasteiger partial charge in [0.1, 0.15) is 0 Å². The Labute approximate surface area is 155 Å². The molecule has 0 saturated carbocycles. The van der Waals surface area contributed by atoms with Gasteiger partial charge in [-0.2, -0.15) is 5.10 Å². The highest BCUT2D eigenvalue weighted by Crippen LogP contribution is 2.27. The maximum absolute atomic E-state index is 13.0. The summed E-state index contributed by atoms with van der Waals surface area (Å²) >= 11 is 0. The van der Waals surface area contributed by atoms with Crippen LogP contribution in [0.2, 0.25) is 0 Å². The van der Waals surface area contributed by atoms with E-state index >= 15 is 0 Å². The Kier molecular flexibility index (Phi) is 5.03. The molecule has 3 heterocycles. The van der Waals surface area contributed by atoms with Crippen LogP contribution in [0, 0.1) is 0 Å². The molecule has 0 bridgehead atoms. The van der Waals surface area contributed by atoms with Crippen LogP contribution in [0.4, 0.5) is 0 Å². The van der Waals surface area contributed by atoms with Crippen LogP contribution < -0.4 is 0 Å². The summed E-state index contributed by atoms with van der Waals surface area (Å²) in [7, 11) is 2.15. The molecule has 0 spiro atoms. The monoisotopic (exact) mass is 361 g/mol. The normalized spacial score (nSPS) is 28.2. The van der Waals surface area contributed by atoms with E-state index < -0.39 is 5.60 Å². The van der Waals surface area contributed by atoms with Crippen LogP contribution >= 0.6 is 0 Å². The van der Waals surface area contributed by atoms with Crippen LogP contribution in [0.25, 0.3) is 0 Å². The molecule has 7 heteroatoms. The smallest absolute Gasteiger partial charge is 0.274 e. The average molecular weight is 361 g/mol. The number of hydrogen-bond acceptors (Lipinski definition) is 5. The number of rotatable bonds is 3. The fourth-order valence-corrected chi connectivity index (χ4v) is 4.61. The molecule has 144 valence electrons. The van der Waals surface area contributed by atoms with Gasteiger partial charge in [0.15, 0.2) is 5.69 Å². The van der Waals surface area contributed by atoms with E-state index in [0.29, 0.717) is 25.2 Å². The van der Waals surface area contributed by atoms with Gasteiger partial charge in [-0.1, -0.05) is 0 Å². The number of likely N-dealkylation sites (N-methyl/N-ethyl adjacent to an activating group) is 1. The van der Waals surface area contributed by atoms with Crippen molar-refractivity contribution < 1.29 is 9.90 Å². The molecule has 26 heavy (non-hydrogen) atoms. The first-order valence-electron chi connectivity index (χ1n) is 10.0. The van der Waals surface area contributed by atoms with Gasteiger partial charge in [0, 0.05) is 57.1 Å². The van der Waals surface area contributed by atoms with Crippen LogP contribution in [0.5, 0.6) is 0 Å². The van der Waals surface area contributed by atoms with E-state index in [2.05, 4.69) is 27.0 Å². The molecule has 1 amide bonds. The maximum Gasteiger partial charge on any atom is 0.274 e. The number of fused-ring (bicyclic) bond motifs is 1. The number of nitrogens with zero attached hydrogens (tertiary/aromatic N) is 4. The number of aliphatic hydroxyl groups is 1. The summed E-state index contributed by atoms with van der Waals surface area (Å²) in [5.41, 5.74) is 2.18. The van der Waals surface area contributed by atoms with Crippen LogP contribution in [-0.4, -0.2) is 94.4 Å². The second kappa shape index (κ2) is 7.29. The van der Waals surface area contributed by atoms with E-state index in [-0.39, 0.29) is 5.91 Å². The molecule has 0 aromatic carbocycles. The van der Waals surface area contributed by atoms with E-state index in [0.717, 1.165) is 76.1 Å². The highest BCUT2D eigenvalue weighted by molar-refractivity contribution is 5.94. The SMILES string of the molecule is CN1CCN(C[C@@]2(O)CCCN(C(=O)c3n[nH]c4c3CCC4)CC2)CC1. The average Bonchev–Trinajstić information content (AvgIpc) is 3.18. The van der Waals surface area contributed by atoms with Crippen molar-refractivity contribution in [2.75, 3.05) is 52.9 Å². The van der Waals surface area contributed by atoms with Crippen molar-refractivity contribution in [2.24, 2.45) is 0 Å². The third kappa shape index (κ3) is 3.66. The molecule has 1 aromatic heterocycles. The summed E-state index contributed by atoms with van der Waals surface area (Å²) < 4.78 is 0. The van der Waals surface area contributed by atoms with E-state index in [1.54, 1.807) is 0 Å². The molecule has 7 nitrogen and oxygen atoms in total. The fourth-order valence-electron chi connectivity index (χ4n) is 4.61. The summed E-state index contributed by atoms with van der Waals surface area (Å²) in [5, 5.41) is 18.5. The lowest BCUT2D eigenvalue weighted by atomic mass is 9.94. The fraction of sp³-hybridized carbons (Fsp3) is 0.789. The van der Waals surface area contributed by atoms with E-state index in [4.69, 9.17) is 0 Å². The number of hydrogen-bond donors (Lipinski definition) is 2. The molecule has 1 aromatic rings. The summed E-state index contributed by atoms with van der Waals surface area (Å²) in [6.45, 7) is 6.20. The zero-order valence-corrected chi connectivity index (χ0v) is 15.8. The number of aryl methyl sites for hydroxylation is 1. The van der Waals surface area contributed by atoms with E-state index in [1.165, 1.54) is 0 Å². The van der Waals surface area contributed by atoms with Gasteiger partial charge in [-0.3, -0.25) is 14.8 Å². The second-order valence-corrected chi connectivity index (χ2v) is 8.33. The number of amides is 1. The number of aromatic amines is 1. The predicted molar refractivity (Wildman–Crippen MR) is 99.3 cm³/mol. The summed E-state index contributed by atoms with van der Waals surface area (Å²) in [6, 6.07) is 0. The molecular formula is C19H31N5O2. The van der Waals surface area contributed by atoms with Gasteiger partial charge in [0.2, 0.25) is 0 Å². The lowest BCUT2D eigenvalue weighted by molar-refractivity contribution is -0.0179. The Morgan fingerprint density at radius 3 is 2.73 bits per heavy atom. The minimum Gasteiger partial charge on any atom is -0.388 e. The van der Waals surface area contributed by atoms with Gasteiger partial charge in [-0.05, 0) is 45.6 Å². The van der Waals surface area contributed by atoms with Gasteiger partial charge in [-0.15, -0.1) is 0 Å². The second-order valence-electron chi connectivity index (χ2n) is 8.33. The van der Waals surface area contributed by atoms with Crippen LogP contribution in [0.1, 0.15) is 47.4 Å². The predicted octanol–water partition coefficient (Wildman–Crippen LogP) is 0.503. The minimum absolute atomic E-state index is 0.0354. The summed E-state index contributed by atoms with van der Waals surface area (Å²) in [4.78, 5) is 19.6. The van der Waals surface area contributed by atoms with Crippen molar-refractivity contribution in [3.8, 4) is 0 Å². The maximum atomic E-state index is 13.0. The van der Waals surface area contributed by atoms with Crippen LogP contribution in [0.3, 0.4) is 0 Å². The number of aromatic nitrogens is 2. The molecule has 1 atom stereocenters. The van der Waals surface area contributed by atoms with Gasteiger partial charge in [0.25, 0.3) is 5.91 Å². The molecular weight excluding hydrogens is 330 g/mol. The third-order valence-electron chi connectivity index (χ3n) is 6.33. The van der Waals surface area contributed by atoms with E-state index in [1.807, 2.05) is 4.90 Å². The van der Waals surface area contributed by atoms with Gasteiger partial charge in [-0.25, -0.2) is 0 Å². The highest BCUT2D eigenvalue weighted by atomic mass is 16.3. The van der Waals surface area contributed by atoms with Crippen LogP contribution in [0.15, 0.2) is 0 Å². The van der Waals surface area contributed by atoms with E-state index in [9.17, 15) is 9.90 Å². The molecule has 0 radical (unpaired) electrons. The van der Waals surface area contributed by atoms with Gasteiger partial charge >= 0.3 is 0 Å². The molecule has 2 N–H and O–H groups in total. The van der Waals surface area contributed by atoms with Crippen molar-refractivity contribution >= 4 is 5.91 Å². The van der Waals surface area contributed by atoms with Crippen molar-refractivity contribution in [2.45, 2.75) is 44.1 Å².